The number of rotatable bonds is 3. The number of hydrogen-bond donors (Lipinski definition) is 0. The Labute approximate surface area is 89.7 Å². The second-order valence-electron chi connectivity index (χ2n) is 5.20. The van der Waals surface area contributed by atoms with Gasteiger partial charge in [-0.05, 0) is 46.2 Å². The van der Waals surface area contributed by atoms with Crippen molar-refractivity contribution in [3.8, 4) is 0 Å². The first-order valence-electron chi connectivity index (χ1n) is 5.06. The van der Waals surface area contributed by atoms with E-state index in [0.717, 1.165) is 0 Å². The van der Waals surface area contributed by atoms with Gasteiger partial charge in [0.05, 0.1) is 6.61 Å². The molecule has 5 heteroatoms. The molecule has 0 amide bonds. The van der Waals surface area contributed by atoms with Crippen molar-refractivity contribution in [1.29, 1.82) is 0 Å². The third kappa shape index (κ3) is 8.31. The highest BCUT2D eigenvalue weighted by atomic mass is 28.4. The van der Waals surface area contributed by atoms with E-state index in [2.05, 4.69) is 43.9 Å². The summed E-state index contributed by atoms with van der Waals surface area (Å²) < 4.78 is 15.7. The van der Waals surface area contributed by atoms with Crippen LogP contribution < -0.4 is 0 Å². The summed E-state index contributed by atoms with van der Waals surface area (Å²) in [4.78, 5) is 0. The van der Waals surface area contributed by atoms with Crippen LogP contribution in [-0.2, 0) is 9.16 Å². The molecular weight excluding hydrogens is 210 g/mol. The lowest BCUT2D eigenvalue weighted by atomic mass is 10.9. The molecule has 0 aliphatic carbocycles. The summed E-state index contributed by atoms with van der Waals surface area (Å²) in [5, 5.41) is 0. The van der Waals surface area contributed by atoms with Gasteiger partial charge < -0.3 is 9.16 Å². The van der Waals surface area contributed by atoms with Gasteiger partial charge in [0.25, 0.3) is 0 Å². The summed E-state index contributed by atoms with van der Waals surface area (Å²) in [5.74, 6) is 0. The van der Waals surface area contributed by atoms with Gasteiger partial charge in [0.2, 0.25) is 8.32 Å². The molecule has 0 aliphatic rings. The zero-order valence-corrected chi connectivity index (χ0v) is 12.5. The van der Waals surface area contributed by atoms with E-state index in [1.165, 1.54) is 0 Å². The Morgan fingerprint density at radius 2 is 1.57 bits per heavy atom. The van der Waals surface area contributed by atoms with Gasteiger partial charge in [-0.3, -0.25) is 4.66 Å². The van der Waals surface area contributed by atoms with E-state index in [-0.39, 0.29) is 0 Å². The second kappa shape index (κ2) is 4.97. The summed E-state index contributed by atoms with van der Waals surface area (Å²) in [6, 6.07) is 0. The van der Waals surface area contributed by atoms with E-state index in [9.17, 15) is 0 Å². The van der Waals surface area contributed by atoms with Crippen LogP contribution in [0.25, 0.3) is 0 Å². The Kier molecular flexibility index (Phi) is 4.87. The highest BCUT2D eigenvalue weighted by Gasteiger charge is 2.22. The molecule has 0 spiro atoms. The van der Waals surface area contributed by atoms with Crippen molar-refractivity contribution < 1.29 is 9.16 Å². The van der Waals surface area contributed by atoms with Gasteiger partial charge in [0, 0.05) is 0 Å². The zero-order valence-electron chi connectivity index (χ0n) is 10.5. The normalized spacial score (nSPS) is 14.1. The summed E-state index contributed by atoms with van der Waals surface area (Å²) in [5.41, 5.74) is 0. The van der Waals surface area contributed by atoms with E-state index in [0.29, 0.717) is 12.7 Å². The summed E-state index contributed by atoms with van der Waals surface area (Å²) in [6.45, 7) is 15.5. The van der Waals surface area contributed by atoms with Crippen molar-refractivity contribution >= 4 is 22.6 Å². The molecule has 14 heavy (non-hydrogen) atoms. The topological polar surface area (TPSA) is 30.8 Å². The highest BCUT2D eigenvalue weighted by molar-refractivity contribution is 6.76. The molecular formula is C9H23NO2Si2. The van der Waals surface area contributed by atoms with E-state index in [4.69, 9.17) is 9.16 Å². The van der Waals surface area contributed by atoms with Gasteiger partial charge in [0.15, 0.2) is 8.24 Å². The Balaban J connectivity index is 4.53. The minimum absolute atomic E-state index is 0.505. The fourth-order valence-corrected chi connectivity index (χ4v) is 2.12. The Hall–Kier alpha value is -0.296. The lowest BCUT2D eigenvalue weighted by Crippen LogP contribution is -2.33. The van der Waals surface area contributed by atoms with Crippen molar-refractivity contribution in [2.24, 2.45) is 4.66 Å². The molecule has 0 saturated carbocycles. The molecule has 0 bridgehead atoms. The lowest BCUT2D eigenvalue weighted by Gasteiger charge is -2.22. The third-order valence-corrected chi connectivity index (χ3v) is 2.73. The number of nitrogens with zero attached hydrogens (tertiary/aromatic N) is 1. The summed E-state index contributed by atoms with van der Waals surface area (Å²) in [7, 11) is -3.09. The Morgan fingerprint density at radius 1 is 1.07 bits per heavy atom. The predicted octanol–water partition coefficient (Wildman–Crippen LogP) is 3.07. The highest BCUT2D eigenvalue weighted by Crippen LogP contribution is 2.09. The van der Waals surface area contributed by atoms with E-state index in [1.54, 1.807) is 0 Å². The quantitative estimate of drug-likeness (QED) is 0.426. The fraction of sp³-hybridized carbons (Fsp3) is 0.889. The van der Waals surface area contributed by atoms with Crippen molar-refractivity contribution in [2.75, 3.05) is 6.61 Å². The number of ether oxygens (including phenoxy) is 1. The van der Waals surface area contributed by atoms with Crippen LogP contribution >= 0.6 is 0 Å². The maximum atomic E-state index is 5.76. The first-order valence-corrected chi connectivity index (χ1v) is 11.9. The molecule has 0 rings (SSSR count). The SMILES string of the molecule is CCO/C(=N\[Si](C)(C)C)O[Si](C)(C)C. The summed E-state index contributed by atoms with van der Waals surface area (Å²) >= 11 is 0. The van der Waals surface area contributed by atoms with Crippen molar-refractivity contribution in [3.05, 3.63) is 0 Å². The molecule has 84 valence electrons. The van der Waals surface area contributed by atoms with Crippen LogP contribution in [0, 0.1) is 0 Å². The average Bonchev–Trinajstić information content (AvgIpc) is 1.78. The van der Waals surface area contributed by atoms with Gasteiger partial charge in [-0.2, -0.15) is 0 Å². The smallest absolute Gasteiger partial charge is 0.359 e. The first-order chi connectivity index (χ1) is 6.14. The zero-order chi connectivity index (χ0) is 11.4. The Morgan fingerprint density at radius 3 is 1.86 bits per heavy atom. The van der Waals surface area contributed by atoms with Crippen LogP contribution in [0.2, 0.25) is 39.3 Å². The molecule has 0 fully saturated rings. The average molecular weight is 233 g/mol. The molecule has 0 heterocycles. The molecule has 0 N–H and O–H groups in total. The minimum Gasteiger partial charge on any atom is -0.506 e. The van der Waals surface area contributed by atoms with E-state index in [1.807, 2.05) is 6.92 Å². The maximum Gasteiger partial charge on any atom is 0.359 e. The third-order valence-electron chi connectivity index (χ3n) is 1.09. The largest absolute Gasteiger partial charge is 0.506 e. The summed E-state index contributed by atoms with van der Waals surface area (Å²) in [6.07, 6.45) is 0.505. The van der Waals surface area contributed by atoms with Crippen molar-refractivity contribution in [2.45, 2.75) is 46.2 Å². The van der Waals surface area contributed by atoms with Crippen LogP contribution in [0.3, 0.4) is 0 Å². The molecule has 0 aromatic heterocycles. The van der Waals surface area contributed by atoms with E-state index >= 15 is 0 Å². The second-order valence-corrected chi connectivity index (χ2v) is 14.2. The fourth-order valence-electron chi connectivity index (χ4n) is 0.744. The number of hydrogen-bond acceptors (Lipinski definition) is 3. The molecule has 0 unspecified atom stereocenters. The van der Waals surface area contributed by atoms with Crippen molar-refractivity contribution in [1.82, 2.24) is 0 Å². The maximum absolute atomic E-state index is 5.76. The molecule has 0 aromatic carbocycles. The van der Waals surface area contributed by atoms with Gasteiger partial charge in [-0.15, -0.1) is 0 Å². The van der Waals surface area contributed by atoms with Gasteiger partial charge in [-0.25, -0.2) is 0 Å². The lowest BCUT2D eigenvalue weighted by molar-refractivity contribution is 0.249. The molecule has 0 aliphatic heterocycles. The molecule has 0 radical (unpaired) electrons. The van der Waals surface area contributed by atoms with Gasteiger partial charge in [0.1, 0.15) is 0 Å². The molecule has 0 atom stereocenters. The van der Waals surface area contributed by atoms with Gasteiger partial charge in [-0.1, -0.05) is 0 Å². The van der Waals surface area contributed by atoms with Crippen LogP contribution in [0.1, 0.15) is 6.92 Å². The molecule has 3 nitrogen and oxygen atoms in total. The van der Waals surface area contributed by atoms with E-state index < -0.39 is 16.6 Å². The van der Waals surface area contributed by atoms with Gasteiger partial charge >= 0.3 is 6.08 Å². The standard InChI is InChI=1S/C9H23NO2Si2/c1-8-11-9(10-13(2,3)4)12-14(5,6)7/h8H2,1-7H3/b10-9+. The first kappa shape index (κ1) is 13.7. The monoisotopic (exact) mass is 233 g/mol. The molecule has 0 saturated heterocycles. The van der Waals surface area contributed by atoms with Crippen LogP contribution in [-0.4, -0.2) is 29.2 Å². The van der Waals surface area contributed by atoms with Crippen molar-refractivity contribution in [3.63, 3.8) is 0 Å². The molecule has 0 aromatic rings. The minimum atomic E-state index is -1.59. The Bertz CT molecular complexity index is 204. The predicted molar refractivity (Wildman–Crippen MR) is 66.8 cm³/mol. The van der Waals surface area contributed by atoms with Crippen LogP contribution in [0.4, 0.5) is 0 Å². The van der Waals surface area contributed by atoms with Crippen LogP contribution in [0.5, 0.6) is 0 Å². The van der Waals surface area contributed by atoms with Crippen LogP contribution in [0.15, 0.2) is 4.66 Å².